The summed E-state index contributed by atoms with van der Waals surface area (Å²) in [5.41, 5.74) is 6.20. The Kier molecular flexibility index (Phi) is 4.43. The molecule has 0 aliphatic rings. The summed E-state index contributed by atoms with van der Waals surface area (Å²) >= 11 is 0. The second-order valence-corrected chi connectivity index (χ2v) is 3.83. The fourth-order valence-electron chi connectivity index (χ4n) is 1.41. The van der Waals surface area contributed by atoms with Crippen LogP contribution in [-0.2, 0) is 0 Å². The number of nitrogens with two attached hydrogens (primary N) is 1. The maximum absolute atomic E-state index is 12.1. The largest absolute Gasteiger partial charge is 0.494 e. The number of carbonyl (C=O) groups excluding carboxylic acids is 1. The van der Waals surface area contributed by atoms with Crippen molar-refractivity contribution in [3.05, 3.63) is 24.0 Å². The predicted octanol–water partition coefficient (Wildman–Crippen LogP) is 1.65. The van der Waals surface area contributed by atoms with Crippen LogP contribution in [0.15, 0.2) is 18.3 Å². The molecule has 1 rings (SSSR count). The minimum atomic E-state index is -0.520. The van der Waals surface area contributed by atoms with Crippen LogP contribution in [0.3, 0.4) is 0 Å². The Balaban J connectivity index is 2.95. The van der Waals surface area contributed by atoms with Crippen LogP contribution in [0, 0.1) is 5.92 Å². The Bertz CT molecular complexity index is 366. The molecular formula is C12H18N2O2. The van der Waals surface area contributed by atoms with Crippen molar-refractivity contribution in [1.82, 2.24) is 4.98 Å². The van der Waals surface area contributed by atoms with Gasteiger partial charge >= 0.3 is 0 Å². The van der Waals surface area contributed by atoms with Crippen molar-refractivity contribution in [3.63, 3.8) is 0 Å². The molecule has 0 amide bonds. The molecule has 1 heterocycles. The number of nitrogens with zero attached hydrogens (tertiary/aromatic N) is 1. The summed E-state index contributed by atoms with van der Waals surface area (Å²) in [5.74, 6) is 0.456. The monoisotopic (exact) mass is 222 g/mol. The van der Waals surface area contributed by atoms with E-state index in [4.69, 9.17) is 10.5 Å². The maximum atomic E-state index is 12.1. The summed E-state index contributed by atoms with van der Waals surface area (Å²) in [4.78, 5) is 16.1. The van der Waals surface area contributed by atoms with Gasteiger partial charge in [0.25, 0.3) is 0 Å². The van der Waals surface area contributed by atoms with Gasteiger partial charge in [-0.15, -0.1) is 0 Å². The minimum Gasteiger partial charge on any atom is -0.494 e. The van der Waals surface area contributed by atoms with E-state index in [9.17, 15) is 4.79 Å². The van der Waals surface area contributed by atoms with Gasteiger partial charge in [0.1, 0.15) is 11.4 Å². The molecule has 1 aromatic heterocycles. The highest BCUT2D eigenvalue weighted by atomic mass is 16.5. The van der Waals surface area contributed by atoms with Crippen molar-refractivity contribution >= 4 is 5.78 Å². The third-order valence-electron chi connectivity index (χ3n) is 2.78. The first kappa shape index (κ1) is 12.6. The normalized spacial score (nSPS) is 14.2. The average molecular weight is 222 g/mol. The summed E-state index contributed by atoms with van der Waals surface area (Å²) in [6.45, 7) is 3.96. The number of hydrogen-bond donors (Lipinski definition) is 1. The topological polar surface area (TPSA) is 65.2 Å². The quantitative estimate of drug-likeness (QED) is 0.769. The molecule has 2 unspecified atom stereocenters. The van der Waals surface area contributed by atoms with Gasteiger partial charge in [0.2, 0.25) is 5.78 Å². The Labute approximate surface area is 95.8 Å². The van der Waals surface area contributed by atoms with Crippen molar-refractivity contribution in [3.8, 4) is 5.75 Å². The molecule has 0 aliphatic carbocycles. The number of methoxy groups -OCH3 is 1. The summed E-state index contributed by atoms with van der Waals surface area (Å²) in [7, 11) is 1.52. The van der Waals surface area contributed by atoms with Gasteiger partial charge in [-0.25, -0.2) is 4.98 Å². The van der Waals surface area contributed by atoms with Crippen LogP contribution in [0.1, 0.15) is 30.8 Å². The molecule has 88 valence electrons. The molecular weight excluding hydrogens is 204 g/mol. The van der Waals surface area contributed by atoms with E-state index in [1.807, 2.05) is 13.8 Å². The van der Waals surface area contributed by atoms with Crippen molar-refractivity contribution in [2.45, 2.75) is 26.3 Å². The van der Waals surface area contributed by atoms with Crippen molar-refractivity contribution in [2.75, 3.05) is 7.11 Å². The van der Waals surface area contributed by atoms with Gasteiger partial charge in [-0.2, -0.15) is 0 Å². The van der Waals surface area contributed by atoms with Crippen LogP contribution in [0.4, 0.5) is 0 Å². The Hall–Kier alpha value is -1.42. The van der Waals surface area contributed by atoms with E-state index in [0.717, 1.165) is 6.42 Å². The molecule has 2 atom stereocenters. The summed E-state index contributed by atoms with van der Waals surface area (Å²) in [5, 5.41) is 0. The van der Waals surface area contributed by atoms with Gasteiger partial charge < -0.3 is 10.5 Å². The number of Topliss-reactive ketones (excluding diaryl/α,β-unsaturated/α-hetero) is 1. The summed E-state index contributed by atoms with van der Waals surface area (Å²) in [6.07, 6.45) is 2.43. The van der Waals surface area contributed by atoms with E-state index in [-0.39, 0.29) is 11.7 Å². The minimum absolute atomic E-state index is 0.138. The van der Waals surface area contributed by atoms with Crippen LogP contribution in [-0.4, -0.2) is 23.9 Å². The Morgan fingerprint density at radius 1 is 1.62 bits per heavy atom. The zero-order valence-electron chi connectivity index (χ0n) is 9.93. The number of rotatable bonds is 5. The van der Waals surface area contributed by atoms with Gasteiger partial charge in [-0.05, 0) is 18.1 Å². The molecule has 0 spiro atoms. The first-order chi connectivity index (χ1) is 7.61. The number of pyridine rings is 1. The van der Waals surface area contributed by atoms with E-state index in [1.54, 1.807) is 18.3 Å². The molecule has 0 saturated carbocycles. The number of hydrogen-bond acceptors (Lipinski definition) is 4. The number of carbonyl (C=O) groups is 1. The van der Waals surface area contributed by atoms with Crippen LogP contribution >= 0.6 is 0 Å². The van der Waals surface area contributed by atoms with Gasteiger partial charge in [0.05, 0.1) is 13.2 Å². The zero-order chi connectivity index (χ0) is 12.1. The molecule has 1 aromatic rings. The SMILES string of the molecule is CCC(C)C(N)C(=O)c1ncccc1OC. The number of ether oxygens (including phenoxy) is 1. The fourth-order valence-corrected chi connectivity index (χ4v) is 1.41. The van der Waals surface area contributed by atoms with Gasteiger partial charge in [-0.1, -0.05) is 20.3 Å². The predicted molar refractivity (Wildman–Crippen MR) is 62.5 cm³/mol. The Morgan fingerprint density at radius 2 is 2.31 bits per heavy atom. The third kappa shape index (κ3) is 2.58. The zero-order valence-corrected chi connectivity index (χ0v) is 9.93. The molecule has 0 aromatic carbocycles. The van der Waals surface area contributed by atoms with Crippen LogP contribution in [0.2, 0.25) is 0 Å². The number of ketones is 1. The average Bonchev–Trinajstić information content (AvgIpc) is 2.35. The summed E-state index contributed by atoms with van der Waals surface area (Å²) < 4.78 is 5.09. The molecule has 16 heavy (non-hydrogen) atoms. The molecule has 0 radical (unpaired) electrons. The lowest BCUT2D eigenvalue weighted by Crippen LogP contribution is -2.37. The molecule has 0 aliphatic heterocycles. The van der Waals surface area contributed by atoms with E-state index in [2.05, 4.69) is 4.98 Å². The molecule has 4 nitrogen and oxygen atoms in total. The smallest absolute Gasteiger partial charge is 0.201 e. The Morgan fingerprint density at radius 3 is 2.88 bits per heavy atom. The van der Waals surface area contributed by atoms with Crippen molar-refractivity contribution < 1.29 is 9.53 Å². The molecule has 2 N–H and O–H groups in total. The molecule has 0 saturated heterocycles. The lowest BCUT2D eigenvalue weighted by Gasteiger charge is -2.17. The van der Waals surface area contributed by atoms with Crippen molar-refractivity contribution in [2.24, 2.45) is 11.7 Å². The first-order valence-corrected chi connectivity index (χ1v) is 5.40. The van der Waals surface area contributed by atoms with Crippen LogP contribution in [0.5, 0.6) is 5.75 Å². The molecule has 0 fully saturated rings. The second-order valence-electron chi connectivity index (χ2n) is 3.83. The third-order valence-corrected chi connectivity index (χ3v) is 2.78. The van der Waals surface area contributed by atoms with E-state index < -0.39 is 6.04 Å². The van der Waals surface area contributed by atoms with E-state index in [0.29, 0.717) is 11.4 Å². The number of aromatic nitrogens is 1. The van der Waals surface area contributed by atoms with Crippen LogP contribution < -0.4 is 10.5 Å². The highest BCUT2D eigenvalue weighted by molar-refractivity contribution is 6.00. The molecule has 0 bridgehead atoms. The highest BCUT2D eigenvalue weighted by Gasteiger charge is 2.24. The first-order valence-electron chi connectivity index (χ1n) is 5.40. The van der Waals surface area contributed by atoms with Gasteiger partial charge in [-0.3, -0.25) is 4.79 Å². The van der Waals surface area contributed by atoms with Crippen molar-refractivity contribution in [1.29, 1.82) is 0 Å². The van der Waals surface area contributed by atoms with Gasteiger partial charge in [0.15, 0.2) is 0 Å². The van der Waals surface area contributed by atoms with Crippen LogP contribution in [0.25, 0.3) is 0 Å². The lowest BCUT2D eigenvalue weighted by molar-refractivity contribution is 0.0926. The highest BCUT2D eigenvalue weighted by Crippen LogP contribution is 2.18. The van der Waals surface area contributed by atoms with Gasteiger partial charge in [0, 0.05) is 6.20 Å². The van der Waals surface area contributed by atoms with E-state index >= 15 is 0 Å². The fraction of sp³-hybridized carbons (Fsp3) is 0.500. The standard InChI is InChI=1S/C12H18N2O2/c1-4-8(2)10(13)12(15)11-9(16-3)6-5-7-14-11/h5-8,10H,4,13H2,1-3H3. The second kappa shape index (κ2) is 5.61. The maximum Gasteiger partial charge on any atom is 0.201 e. The summed E-state index contributed by atoms with van der Waals surface area (Å²) in [6, 6.07) is 2.92. The lowest BCUT2D eigenvalue weighted by atomic mass is 9.94. The molecule has 4 heteroatoms. The van der Waals surface area contributed by atoms with E-state index in [1.165, 1.54) is 7.11 Å².